The zero-order chi connectivity index (χ0) is 32.1. The summed E-state index contributed by atoms with van der Waals surface area (Å²) in [5.41, 5.74) is 1.85. The van der Waals surface area contributed by atoms with Gasteiger partial charge in [0.15, 0.2) is 24.1 Å². The summed E-state index contributed by atoms with van der Waals surface area (Å²) in [6.45, 7) is 2.47. The average Bonchev–Trinajstić information content (AvgIpc) is 2.99. The maximum absolute atomic E-state index is 12.2. The van der Waals surface area contributed by atoms with Gasteiger partial charge in [-0.15, -0.1) is 0 Å². The van der Waals surface area contributed by atoms with Crippen LogP contribution in [-0.2, 0) is 30.2 Å². The second kappa shape index (κ2) is 14.8. The third kappa shape index (κ3) is 7.92. The van der Waals surface area contributed by atoms with Crippen molar-refractivity contribution < 1.29 is 69.3 Å². The highest BCUT2D eigenvalue weighted by Gasteiger charge is 2.50. The van der Waals surface area contributed by atoms with Crippen molar-refractivity contribution in [1.82, 2.24) is 0 Å². The number of esters is 1. The minimum atomic E-state index is -1.69. The van der Waals surface area contributed by atoms with E-state index >= 15 is 0 Å². The molecular formula is C30H38O14. The second-order valence-corrected chi connectivity index (χ2v) is 10.7. The first-order valence-corrected chi connectivity index (χ1v) is 14.0. The number of rotatable bonds is 10. The van der Waals surface area contributed by atoms with Crippen molar-refractivity contribution in [3.05, 3.63) is 59.2 Å². The van der Waals surface area contributed by atoms with Gasteiger partial charge in [-0.2, -0.15) is 0 Å². The van der Waals surface area contributed by atoms with Crippen molar-refractivity contribution in [2.45, 2.75) is 81.7 Å². The maximum Gasteiger partial charge on any atom is 0.336 e. The molecule has 10 unspecified atom stereocenters. The molecule has 44 heavy (non-hydrogen) atoms. The molecule has 0 aromatic heterocycles. The molecule has 2 aliphatic rings. The van der Waals surface area contributed by atoms with E-state index in [-0.39, 0.29) is 30.3 Å². The van der Waals surface area contributed by atoms with Crippen molar-refractivity contribution >= 4 is 12.0 Å². The first-order chi connectivity index (χ1) is 20.9. The predicted molar refractivity (Wildman–Crippen MR) is 150 cm³/mol. The third-order valence-electron chi connectivity index (χ3n) is 7.47. The molecule has 2 saturated heterocycles. The molecule has 0 spiro atoms. The summed E-state index contributed by atoms with van der Waals surface area (Å²) in [6, 6.07) is 9.26. The first-order valence-electron chi connectivity index (χ1n) is 14.0. The Morgan fingerprint density at radius 2 is 1.64 bits per heavy atom. The topological polar surface area (TPSA) is 225 Å². The van der Waals surface area contributed by atoms with Crippen LogP contribution in [0.2, 0.25) is 0 Å². The number of hydrogen-bond acceptors (Lipinski definition) is 14. The molecule has 2 aliphatic heterocycles. The Kier molecular flexibility index (Phi) is 11.3. The van der Waals surface area contributed by atoms with Gasteiger partial charge in [-0.3, -0.25) is 0 Å². The van der Waals surface area contributed by atoms with E-state index in [0.717, 1.165) is 6.08 Å². The monoisotopic (exact) mass is 622 g/mol. The van der Waals surface area contributed by atoms with Crippen LogP contribution in [0, 0.1) is 6.92 Å². The molecular weight excluding hydrogens is 584 g/mol. The van der Waals surface area contributed by atoms with E-state index in [1.54, 1.807) is 25.1 Å². The largest absolute Gasteiger partial charge is 0.508 e. The minimum absolute atomic E-state index is 0.0576. The van der Waals surface area contributed by atoms with Crippen LogP contribution in [0.1, 0.15) is 23.6 Å². The third-order valence-corrected chi connectivity index (χ3v) is 7.47. The summed E-state index contributed by atoms with van der Waals surface area (Å²) in [5.74, 6) is -1.05. The number of aliphatic hydroxyl groups is 6. The van der Waals surface area contributed by atoms with E-state index < -0.39 is 74.0 Å². The van der Waals surface area contributed by atoms with E-state index in [2.05, 4.69) is 0 Å². The smallest absolute Gasteiger partial charge is 0.336 e. The highest BCUT2D eigenvalue weighted by molar-refractivity contribution is 5.89. The Morgan fingerprint density at radius 3 is 2.32 bits per heavy atom. The SMILES string of the molecule is Cc1ccc(/C=C/C(=O)Oc2ccc(CCOC3OC(CO)C(O)C(OC4OC(C)C(O)C(O)C4O)C3O)cc2O)cc1O. The molecule has 242 valence electrons. The number of aromatic hydroxyl groups is 2. The molecule has 0 saturated carbocycles. The summed E-state index contributed by atoms with van der Waals surface area (Å²) in [5, 5.41) is 81.5. The molecule has 2 aromatic carbocycles. The molecule has 14 heteroatoms. The zero-order valence-corrected chi connectivity index (χ0v) is 24.0. The van der Waals surface area contributed by atoms with Crippen LogP contribution < -0.4 is 4.74 Å². The number of carbonyl (C=O) groups excluding carboxylic acids is 1. The molecule has 10 atom stereocenters. The Labute approximate surface area is 252 Å². The molecule has 8 N–H and O–H groups in total. The van der Waals surface area contributed by atoms with E-state index in [1.807, 2.05) is 0 Å². The van der Waals surface area contributed by atoms with Gasteiger partial charge >= 0.3 is 5.97 Å². The Morgan fingerprint density at radius 1 is 0.886 bits per heavy atom. The van der Waals surface area contributed by atoms with Crippen LogP contribution in [0.25, 0.3) is 6.08 Å². The molecule has 2 aromatic rings. The van der Waals surface area contributed by atoms with Crippen molar-refractivity contribution in [1.29, 1.82) is 0 Å². The van der Waals surface area contributed by atoms with Gasteiger partial charge in [0.1, 0.15) is 48.5 Å². The lowest BCUT2D eigenvalue weighted by Gasteiger charge is -2.45. The average molecular weight is 623 g/mol. The Hall–Kier alpha value is -3.15. The van der Waals surface area contributed by atoms with Crippen molar-refractivity contribution in [3.63, 3.8) is 0 Å². The van der Waals surface area contributed by atoms with Crippen LogP contribution in [0.3, 0.4) is 0 Å². The summed E-state index contributed by atoms with van der Waals surface area (Å²) >= 11 is 0. The number of aryl methyl sites for hydroxylation is 1. The highest BCUT2D eigenvalue weighted by atomic mass is 16.7. The number of benzene rings is 2. The number of hydrogen-bond donors (Lipinski definition) is 8. The van der Waals surface area contributed by atoms with E-state index in [4.69, 9.17) is 23.7 Å². The van der Waals surface area contributed by atoms with Gasteiger partial charge in [0.2, 0.25) is 0 Å². The second-order valence-electron chi connectivity index (χ2n) is 10.7. The summed E-state index contributed by atoms with van der Waals surface area (Å²) < 4.78 is 27.3. The molecule has 14 nitrogen and oxygen atoms in total. The highest BCUT2D eigenvalue weighted by Crippen LogP contribution is 2.31. The van der Waals surface area contributed by atoms with Crippen LogP contribution in [0.15, 0.2) is 42.5 Å². The number of aliphatic hydroxyl groups excluding tert-OH is 6. The van der Waals surface area contributed by atoms with Gasteiger partial charge < -0.3 is 64.5 Å². The van der Waals surface area contributed by atoms with Crippen molar-refractivity contribution in [2.75, 3.05) is 13.2 Å². The standard InChI is InChI=1S/C30H38O14/c1-14-3-4-16(11-18(14)32)6-8-22(34)42-20-7-5-17(12-19(20)33)9-10-40-29-27(39)28(24(36)21(13-31)43-29)44-30-26(38)25(37)23(35)15(2)41-30/h3-8,11-12,15,21,23-33,35-39H,9-10,13H2,1-2H3/b8-6+. The van der Waals surface area contributed by atoms with Crippen LogP contribution >= 0.6 is 0 Å². The zero-order valence-electron chi connectivity index (χ0n) is 24.0. The number of carbonyl (C=O) groups is 1. The number of ether oxygens (including phenoxy) is 5. The van der Waals surface area contributed by atoms with Gasteiger partial charge in [-0.1, -0.05) is 18.2 Å². The summed E-state index contributed by atoms with van der Waals surface area (Å²) in [7, 11) is 0. The summed E-state index contributed by atoms with van der Waals surface area (Å²) in [6.07, 6.45) is -11.6. The normalized spacial score (nSPS) is 32.5. The van der Waals surface area contributed by atoms with Crippen molar-refractivity contribution in [3.8, 4) is 17.2 Å². The minimum Gasteiger partial charge on any atom is -0.508 e. The van der Waals surface area contributed by atoms with Gasteiger partial charge in [0, 0.05) is 6.08 Å². The van der Waals surface area contributed by atoms with Crippen LogP contribution in [0.4, 0.5) is 0 Å². The molecule has 0 radical (unpaired) electrons. The van der Waals surface area contributed by atoms with E-state index in [0.29, 0.717) is 16.7 Å². The molecule has 0 amide bonds. The first kappa shape index (κ1) is 33.7. The van der Waals surface area contributed by atoms with Crippen molar-refractivity contribution in [2.24, 2.45) is 0 Å². The quantitative estimate of drug-likeness (QED) is 0.0926. The van der Waals surface area contributed by atoms with E-state index in [9.17, 15) is 45.6 Å². The maximum atomic E-state index is 12.2. The summed E-state index contributed by atoms with van der Waals surface area (Å²) in [4.78, 5) is 12.2. The van der Waals surface area contributed by atoms with Crippen LogP contribution in [0.5, 0.6) is 17.2 Å². The Bertz CT molecular complexity index is 1300. The molecule has 0 aliphatic carbocycles. The van der Waals surface area contributed by atoms with Gasteiger partial charge in [0.05, 0.1) is 19.3 Å². The molecule has 2 fully saturated rings. The molecule has 2 heterocycles. The van der Waals surface area contributed by atoms with Gasteiger partial charge in [0.25, 0.3) is 0 Å². The fraction of sp³-hybridized carbons (Fsp3) is 0.500. The fourth-order valence-electron chi connectivity index (χ4n) is 4.77. The van der Waals surface area contributed by atoms with Crippen LogP contribution in [-0.4, -0.2) is 121 Å². The number of phenolic OH excluding ortho intramolecular Hbond substituents is 2. The molecule has 0 bridgehead atoms. The molecule has 4 rings (SSSR count). The van der Waals surface area contributed by atoms with Gasteiger partial charge in [-0.05, 0) is 61.2 Å². The van der Waals surface area contributed by atoms with Gasteiger partial charge in [-0.25, -0.2) is 4.79 Å². The lowest BCUT2D eigenvalue weighted by Crippen LogP contribution is -2.64. The lowest BCUT2D eigenvalue weighted by molar-refractivity contribution is -0.357. The van der Waals surface area contributed by atoms with E-state index in [1.165, 1.54) is 31.2 Å². The Balaban J connectivity index is 1.32. The number of phenols is 2. The lowest BCUT2D eigenvalue weighted by atomic mass is 9.97. The fourth-order valence-corrected chi connectivity index (χ4v) is 4.77. The predicted octanol–water partition coefficient (Wildman–Crippen LogP) is -0.764.